The van der Waals surface area contributed by atoms with Crippen molar-refractivity contribution in [2.45, 2.75) is 12.2 Å². The molecule has 29 heavy (non-hydrogen) atoms. The molecule has 0 fully saturated rings. The monoisotopic (exact) mass is 456 g/mol. The second kappa shape index (κ2) is 11.3. The summed E-state index contributed by atoms with van der Waals surface area (Å²) >= 11 is 7.64. The number of sulfonamides is 1. The Morgan fingerprint density at radius 2 is 1.93 bits per heavy atom. The van der Waals surface area contributed by atoms with Gasteiger partial charge in [-0.1, -0.05) is 29.8 Å². The molecule has 6 nitrogen and oxygen atoms in total. The molecule has 0 aliphatic rings. The van der Waals surface area contributed by atoms with E-state index in [1.54, 1.807) is 36.0 Å². The first-order valence-electron chi connectivity index (χ1n) is 9.00. The summed E-state index contributed by atoms with van der Waals surface area (Å²) in [7, 11) is -2.11. The number of rotatable bonds is 11. The van der Waals surface area contributed by atoms with Crippen LogP contribution in [0.4, 0.5) is 5.69 Å². The number of methoxy groups -OCH3 is 1. The van der Waals surface area contributed by atoms with E-state index in [-0.39, 0.29) is 12.5 Å². The molecule has 0 saturated carbocycles. The molecule has 0 saturated heterocycles. The van der Waals surface area contributed by atoms with Crippen molar-refractivity contribution in [2.75, 3.05) is 36.5 Å². The van der Waals surface area contributed by atoms with Crippen molar-refractivity contribution in [1.29, 1.82) is 0 Å². The topological polar surface area (TPSA) is 75.7 Å². The van der Waals surface area contributed by atoms with E-state index in [4.69, 9.17) is 16.3 Å². The largest absolute Gasteiger partial charge is 0.497 e. The molecular formula is C20H25ClN2O4S2. The zero-order chi connectivity index (χ0) is 21.3. The second-order valence-electron chi connectivity index (χ2n) is 6.35. The number of nitrogens with zero attached hydrogens (tertiary/aromatic N) is 1. The number of amides is 1. The van der Waals surface area contributed by atoms with E-state index in [1.807, 2.05) is 24.3 Å². The summed E-state index contributed by atoms with van der Waals surface area (Å²) in [6, 6.07) is 14.3. The summed E-state index contributed by atoms with van der Waals surface area (Å²) < 4.78 is 30.5. The molecule has 0 aromatic heterocycles. The van der Waals surface area contributed by atoms with E-state index in [0.717, 1.165) is 33.5 Å². The maximum atomic E-state index is 12.2. The van der Waals surface area contributed by atoms with E-state index in [9.17, 15) is 13.2 Å². The van der Waals surface area contributed by atoms with Gasteiger partial charge in [-0.15, -0.1) is 0 Å². The number of anilines is 1. The summed E-state index contributed by atoms with van der Waals surface area (Å²) in [6.07, 6.45) is 1.87. The second-order valence-corrected chi connectivity index (χ2v) is 9.80. The molecule has 1 amide bonds. The fourth-order valence-electron chi connectivity index (χ4n) is 2.52. The molecule has 0 heterocycles. The van der Waals surface area contributed by atoms with Crippen molar-refractivity contribution >= 4 is 45.0 Å². The van der Waals surface area contributed by atoms with Crippen LogP contribution < -0.4 is 14.4 Å². The van der Waals surface area contributed by atoms with E-state index in [0.29, 0.717) is 18.0 Å². The van der Waals surface area contributed by atoms with Crippen LogP contribution in [-0.2, 0) is 20.6 Å². The van der Waals surface area contributed by atoms with Gasteiger partial charge in [-0.05, 0) is 42.0 Å². The molecule has 0 aliphatic heterocycles. The molecule has 9 heteroatoms. The zero-order valence-corrected chi connectivity index (χ0v) is 18.8. The third kappa shape index (κ3) is 8.16. The van der Waals surface area contributed by atoms with Gasteiger partial charge in [0.2, 0.25) is 15.9 Å². The van der Waals surface area contributed by atoms with Crippen LogP contribution in [0.3, 0.4) is 0 Å². The summed E-state index contributed by atoms with van der Waals surface area (Å²) in [4.78, 5) is 12.2. The molecule has 0 aliphatic carbocycles. The molecule has 2 aromatic rings. The Morgan fingerprint density at radius 3 is 2.59 bits per heavy atom. The summed E-state index contributed by atoms with van der Waals surface area (Å²) in [5.74, 6) is 1.94. The number of benzene rings is 2. The first-order valence-corrected chi connectivity index (χ1v) is 12.4. The molecule has 0 radical (unpaired) electrons. The van der Waals surface area contributed by atoms with Crippen LogP contribution in [0, 0.1) is 0 Å². The van der Waals surface area contributed by atoms with Gasteiger partial charge in [0.1, 0.15) is 12.3 Å². The maximum absolute atomic E-state index is 12.2. The third-order valence-electron chi connectivity index (χ3n) is 4.00. The van der Waals surface area contributed by atoms with Crippen molar-refractivity contribution in [1.82, 2.24) is 5.32 Å². The molecule has 0 atom stereocenters. The van der Waals surface area contributed by atoms with Gasteiger partial charge in [0, 0.05) is 23.4 Å². The lowest BCUT2D eigenvalue weighted by Gasteiger charge is -2.22. The van der Waals surface area contributed by atoms with Crippen LogP contribution in [0.5, 0.6) is 5.75 Å². The summed E-state index contributed by atoms with van der Waals surface area (Å²) in [5, 5.41) is 3.50. The van der Waals surface area contributed by atoms with E-state index in [1.165, 1.54) is 12.7 Å². The lowest BCUT2D eigenvalue weighted by Crippen LogP contribution is -2.40. The van der Waals surface area contributed by atoms with E-state index < -0.39 is 10.0 Å². The Kier molecular flexibility index (Phi) is 9.13. The minimum absolute atomic E-state index is 0.274. The molecule has 0 bridgehead atoms. The van der Waals surface area contributed by atoms with Gasteiger partial charge in [0.25, 0.3) is 0 Å². The molecular weight excluding hydrogens is 432 g/mol. The quantitative estimate of drug-likeness (QED) is 0.523. The predicted molar refractivity (Wildman–Crippen MR) is 120 cm³/mol. The van der Waals surface area contributed by atoms with Gasteiger partial charge in [0.15, 0.2) is 0 Å². The molecule has 0 unspecified atom stereocenters. The van der Waals surface area contributed by atoms with Gasteiger partial charge in [0.05, 0.1) is 19.1 Å². The fraction of sp³-hybridized carbons (Fsp3) is 0.350. The van der Waals surface area contributed by atoms with E-state index in [2.05, 4.69) is 5.32 Å². The Bertz CT molecular complexity index is 905. The highest BCUT2D eigenvalue weighted by Gasteiger charge is 2.21. The first-order chi connectivity index (χ1) is 13.8. The summed E-state index contributed by atoms with van der Waals surface area (Å²) in [5.41, 5.74) is 1.59. The SMILES string of the molecule is COc1cccc(N(CC(=O)NCCCSCc2ccc(Cl)cc2)S(C)(=O)=O)c1. The Hall–Kier alpha value is -1.90. The van der Waals surface area contributed by atoms with Crippen molar-refractivity contribution in [3.05, 3.63) is 59.1 Å². The number of carbonyl (C=O) groups is 1. The van der Waals surface area contributed by atoms with Crippen molar-refractivity contribution in [3.8, 4) is 5.75 Å². The van der Waals surface area contributed by atoms with Gasteiger partial charge < -0.3 is 10.1 Å². The number of hydrogen-bond donors (Lipinski definition) is 1. The fourth-order valence-corrected chi connectivity index (χ4v) is 4.42. The van der Waals surface area contributed by atoms with Crippen LogP contribution in [0.15, 0.2) is 48.5 Å². The number of halogens is 1. The molecule has 1 N–H and O–H groups in total. The minimum Gasteiger partial charge on any atom is -0.497 e. The Balaban J connectivity index is 1.77. The normalized spacial score (nSPS) is 11.1. The zero-order valence-electron chi connectivity index (χ0n) is 16.4. The number of carbonyl (C=O) groups excluding carboxylic acids is 1. The average molecular weight is 457 g/mol. The Labute approximate surface area is 181 Å². The van der Waals surface area contributed by atoms with Crippen LogP contribution >= 0.6 is 23.4 Å². The van der Waals surface area contributed by atoms with E-state index >= 15 is 0 Å². The van der Waals surface area contributed by atoms with Gasteiger partial charge >= 0.3 is 0 Å². The lowest BCUT2D eigenvalue weighted by atomic mass is 10.2. The number of ether oxygens (including phenoxy) is 1. The standard InChI is InChI=1S/C20H25ClN2O4S2/c1-27-19-6-3-5-18(13-19)23(29(2,25)26)14-20(24)22-11-4-12-28-15-16-7-9-17(21)10-8-16/h3,5-10,13H,4,11-12,14-15H2,1-2H3,(H,22,24). The number of hydrogen-bond acceptors (Lipinski definition) is 5. The molecule has 2 aromatic carbocycles. The highest BCUT2D eigenvalue weighted by Crippen LogP contribution is 2.22. The highest BCUT2D eigenvalue weighted by molar-refractivity contribution is 7.98. The minimum atomic E-state index is -3.61. The highest BCUT2D eigenvalue weighted by atomic mass is 35.5. The van der Waals surface area contributed by atoms with Crippen molar-refractivity contribution in [3.63, 3.8) is 0 Å². The maximum Gasteiger partial charge on any atom is 0.240 e. The van der Waals surface area contributed by atoms with Crippen molar-refractivity contribution < 1.29 is 17.9 Å². The molecule has 2 rings (SSSR count). The third-order valence-corrected chi connectivity index (χ3v) is 6.51. The molecule has 158 valence electrons. The van der Waals surface area contributed by atoms with Crippen LogP contribution in [-0.4, -0.2) is 46.5 Å². The summed E-state index contributed by atoms with van der Waals surface area (Å²) in [6.45, 7) is 0.214. The molecule has 0 spiro atoms. The van der Waals surface area contributed by atoms with Gasteiger partial charge in [-0.2, -0.15) is 11.8 Å². The lowest BCUT2D eigenvalue weighted by molar-refractivity contribution is -0.119. The van der Waals surface area contributed by atoms with Gasteiger partial charge in [-0.25, -0.2) is 8.42 Å². The number of thioether (sulfide) groups is 1. The van der Waals surface area contributed by atoms with Crippen LogP contribution in [0.1, 0.15) is 12.0 Å². The Morgan fingerprint density at radius 1 is 1.21 bits per heavy atom. The average Bonchev–Trinajstić information content (AvgIpc) is 2.69. The van der Waals surface area contributed by atoms with Crippen LogP contribution in [0.25, 0.3) is 0 Å². The van der Waals surface area contributed by atoms with Crippen molar-refractivity contribution in [2.24, 2.45) is 0 Å². The van der Waals surface area contributed by atoms with Crippen LogP contribution in [0.2, 0.25) is 5.02 Å². The first kappa shape index (κ1) is 23.4. The smallest absolute Gasteiger partial charge is 0.240 e. The van der Waals surface area contributed by atoms with Gasteiger partial charge in [-0.3, -0.25) is 9.10 Å². The predicted octanol–water partition coefficient (Wildman–Crippen LogP) is 3.55. The number of nitrogens with one attached hydrogen (secondary N) is 1.